The highest BCUT2D eigenvalue weighted by Gasteiger charge is 2.41. The monoisotopic (exact) mass is 789 g/mol. The van der Waals surface area contributed by atoms with Gasteiger partial charge in [-0.3, -0.25) is 8.80 Å². The zero-order valence-corrected chi connectivity index (χ0v) is 33.2. The fraction of sp³-hybridized carbons (Fsp3) is 0. The summed E-state index contributed by atoms with van der Waals surface area (Å²) in [6.07, 6.45) is 0. The van der Waals surface area contributed by atoms with Gasteiger partial charge in [0.2, 0.25) is 0 Å². The maximum absolute atomic E-state index is 7.23. The highest BCUT2D eigenvalue weighted by Crippen LogP contribution is 2.46. The van der Waals surface area contributed by atoms with Crippen LogP contribution in [0.2, 0.25) is 0 Å². The van der Waals surface area contributed by atoms with Gasteiger partial charge in [0.15, 0.2) is 0 Å². The van der Waals surface area contributed by atoms with E-state index in [1.54, 1.807) is 0 Å². The number of nitrogens with zero attached hydrogens (tertiary/aromatic N) is 3. The number of fused-ring (bicyclic) bond motifs is 21. The zero-order valence-electron chi connectivity index (χ0n) is 33.2. The fourth-order valence-electron chi connectivity index (χ4n) is 11.3. The summed E-state index contributed by atoms with van der Waals surface area (Å²) in [5.74, 6) is 3.42. The number of rotatable bonds is 1. The molecule has 5 nitrogen and oxygen atoms in total. The van der Waals surface area contributed by atoms with Crippen molar-refractivity contribution in [1.29, 1.82) is 0 Å². The summed E-state index contributed by atoms with van der Waals surface area (Å²) in [5, 5.41) is 10.4. The Morgan fingerprint density at radius 3 is 1.44 bits per heavy atom. The third kappa shape index (κ3) is 4.04. The summed E-state index contributed by atoms with van der Waals surface area (Å²) in [4.78, 5) is 0. The number of hydrogen-bond acceptors (Lipinski definition) is 2. The molecular formula is C56H32BN3O2. The maximum Gasteiger partial charge on any atom is 0.260 e. The molecule has 6 heterocycles. The second-order valence-corrected chi connectivity index (χ2v) is 16.7. The Morgan fingerprint density at radius 1 is 0.339 bits per heavy atom. The number of ether oxygens (including phenoxy) is 2. The summed E-state index contributed by atoms with van der Waals surface area (Å²) in [6.45, 7) is -0.0456. The Bertz CT molecular complexity index is 4130. The molecular weight excluding hydrogens is 757 g/mol. The molecule has 0 unspecified atom stereocenters. The Balaban J connectivity index is 1.18. The van der Waals surface area contributed by atoms with E-state index in [4.69, 9.17) is 9.47 Å². The van der Waals surface area contributed by atoms with Gasteiger partial charge in [-0.05, 0) is 83.0 Å². The van der Waals surface area contributed by atoms with Gasteiger partial charge >= 0.3 is 0 Å². The van der Waals surface area contributed by atoms with Crippen LogP contribution in [-0.2, 0) is 0 Å². The molecule has 0 atom stereocenters. The summed E-state index contributed by atoms with van der Waals surface area (Å²) >= 11 is 0. The second-order valence-electron chi connectivity index (χ2n) is 16.7. The van der Waals surface area contributed by atoms with Crippen LogP contribution < -0.4 is 25.9 Å². The zero-order chi connectivity index (χ0) is 40.2. The summed E-state index contributed by atoms with van der Waals surface area (Å²) in [6, 6.07) is 70.4. The van der Waals surface area contributed by atoms with Gasteiger partial charge in [-0.15, -0.1) is 0 Å². The summed E-state index contributed by atoms with van der Waals surface area (Å²) in [7, 11) is 0. The van der Waals surface area contributed by atoms with Gasteiger partial charge in [-0.1, -0.05) is 127 Å². The van der Waals surface area contributed by atoms with Gasteiger partial charge in [-0.2, -0.15) is 0 Å². The summed E-state index contributed by atoms with van der Waals surface area (Å²) < 4.78 is 21.6. The van der Waals surface area contributed by atoms with Crippen LogP contribution in [0.15, 0.2) is 194 Å². The van der Waals surface area contributed by atoms with Crippen LogP contribution in [0.1, 0.15) is 0 Å². The molecule has 13 aromatic rings. The van der Waals surface area contributed by atoms with Crippen molar-refractivity contribution in [2.45, 2.75) is 0 Å². The van der Waals surface area contributed by atoms with Gasteiger partial charge < -0.3 is 14.0 Å². The van der Waals surface area contributed by atoms with Crippen molar-refractivity contribution in [1.82, 2.24) is 13.4 Å². The average Bonchev–Trinajstić information content (AvgIpc) is 3.97. The minimum Gasteiger partial charge on any atom is -0.458 e. The molecule has 6 heteroatoms. The highest BCUT2D eigenvalue weighted by molar-refractivity contribution is 6.98. The van der Waals surface area contributed by atoms with Gasteiger partial charge in [0.25, 0.3) is 6.71 Å². The van der Waals surface area contributed by atoms with Crippen molar-refractivity contribution in [3.05, 3.63) is 194 Å². The Kier molecular flexibility index (Phi) is 6.18. The first kappa shape index (κ1) is 32.6. The molecule has 2 aliphatic rings. The van der Waals surface area contributed by atoms with Crippen LogP contribution in [0.5, 0.6) is 23.0 Å². The van der Waals surface area contributed by atoms with E-state index in [1.807, 2.05) is 0 Å². The van der Waals surface area contributed by atoms with Gasteiger partial charge in [0.05, 0.1) is 33.1 Å². The molecule has 0 radical (unpaired) electrons. The van der Waals surface area contributed by atoms with Crippen LogP contribution in [0.25, 0.3) is 92.9 Å². The predicted octanol–water partition coefficient (Wildman–Crippen LogP) is 12.3. The SMILES string of the molecule is c1ccc2c(c1)Oc1cc3c4ccccc4n4c5ccc(-n6c7ccccc7c7ccccc76)cc5c5c6ccccc6n(c6ccccc6c3c3c1B2c1ccccc1O3)c54. The van der Waals surface area contributed by atoms with Crippen LogP contribution >= 0.6 is 0 Å². The van der Waals surface area contributed by atoms with E-state index in [1.165, 1.54) is 38.0 Å². The molecule has 62 heavy (non-hydrogen) atoms. The Labute approximate surface area is 354 Å². The number of para-hydroxylation sites is 7. The topological polar surface area (TPSA) is 32.2 Å². The van der Waals surface area contributed by atoms with Crippen LogP contribution in [0.4, 0.5) is 0 Å². The third-order valence-electron chi connectivity index (χ3n) is 13.7. The third-order valence-corrected chi connectivity index (χ3v) is 13.7. The molecule has 0 fully saturated rings. The minimum absolute atomic E-state index is 0.0456. The van der Waals surface area contributed by atoms with Crippen molar-refractivity contribution < 1.29 is 9.47 Å². The van der Waals surface area contributed by atoms with E-state index < -0.39 is 0 Å². The molecule has 0 spiro atoms. The second kappa shape index (κ2) is 11.7. The fourth-order valence-corrected chi connectivity index (χ4v) is 11.3. The Morgan fingerprint density at radius 2 is 0.806 bits per heavy atom. The quantitative estimate of drug-likeness (QED) is 0.155. The normalized spacial score (nSPS) is 13.1. The van der Waals surface area contributed by atoms with E-state index >= 15 is 0 Å². The first-order chi connectivity index (χ1) is 30.8. The lowest BCUT2D eigenvalue weighted by Gasteiger charge is -2.33. The molecule has 2 aliphatic heterocycles. The smallest absolute Gasteiger partial charge is 0.260 e. The van der Waals surface area contributed by atoms with Crippen molar-refractivity contribution >= 4 is 110 Å². The lowest BCUT2D eigenvalue weighted by Crippen LogP contribution is -2.57. The number of aromatic nitrogens is 3. The molecule has 0 bridgehead atoms. The molecule has 286 valence electrons. The number of hydrogen-bond donors (Lipinski definition) is 0. The van der Waals surface area contributed by atoms with E-state index in [9.17, 15) is 0 Å². The average molecular weight is 790 g/mol. The molecule has 0 amide bonds. The highest BCUT2D eigenvalue weighted by atomic mass is 16.5. The molecule has 0 aliphatic carbocycles. The van der Waals surface area contributed by atoms with Crippen molar-refractivity contribution in [3.63, 3.8) is 0 Å². The number of benzene rings is 9. The van der Waals surface area contributed by atoms with Crippen molar-refractivity contribution in [2.24, 2.45) is 0 Å². The molecule has 15 rings (SSSR count). The molecule has 0 saturated heterocycles. The van der Waals surface area contributed by atoms with E-state index in [2.05, 4.69) is 207 Å². The maximum atomic E-state index is 7.23. The van der Waals surface area contributed by atoms with Crippen LogP contribution in [0, 0.1) is 0 Å². The van der Waals surface area contributed by atoms with Gasteiger partial charge in [0, 0.05) is 54.2 Å². The molecule has 0 saturated carbocycles. The van der Waals surface area contributed by atoms with Crippen LogP contribution in [0.3, 0.4) is 0 Å². The standard InChI is InChI=1S/C56H32BN3O2/c1-8-22-43-34(15-1)35-16-2-9-23-44(35)58(43)33-29-30-48-40(31-33)53-38-19-5-12-26-47(38)60-46-25-11-4-18-37(46)52-39(36-17-3-10-24-45(36)59(48)56(53)60)32-51-54-55(52)62-50-28-14-7-21-42(50)57(54)41-20-6-13-27-49(41)61-51/h1-32H. The first-order valence-electron chi connectivity index (χ1n) is 21.3. The van der Waals surface area contributed by atoms with E-state index in [0.29, 0.717) is 0 Å². The largest absolute Gasteiger partial charge is 0.458 e. The van der Waals surface area contributed by atoms with Crippen LogP contribution in [-0.4, -0.2) is 20.1 Å². The van der Waals surface area contributed by atoms with Gasteiger partial charge in [-0.25, -0.2) is 0 Å². The predicted molar refractivity (Wildman–Crippen MR) is 257 cm³/mol. The lowest BCUT2D eigenvalue weighted by atomic mass is 9.34. The minimum atomic E-state index is -0.0456. The molecule has 4 aromatic heterocycles. The molecule has 0 N–H and O–H groups in total. The van der Waals surface area contributed by atoms with E-state index in [-0.39, 0.29) is 6.71 Å². The molecule has 9 aromatic carbocycles. The van der Waals surface area contributed by atoms with E-state index in [0.717, 1.165) is 94.3 Å². The Hall–Kier alpha value is -8.22. The van der Waals surface area contributed by atoms with Gasteiger partial charge in [0.1, 0.15) is 28.6 Å². The first-order valence-corrected chi connectivity index (χ1v) is 21.3. The van der Waals surface area contributed by atoms with Crippen molar-refractivity contribution in [3.8, 4) is 28.7 Å². The summed E-state index contributed by atoms with van der Waals surface area (Å²) in [5.41, 5.74) is 12.5. The van der Waals surface area contributed by atoms with Crippen molar-refractivity contribution in [2.75, 3.05) is 0 Å². The lowest BCUT2D eigenvalue weighted by molar-refractivity contribution is 0.469.